The molecule has 8 heteroatoms. The largest absolute Gasteiger partial charge is 0.497 e. The van der Waals surface area contributed by atoms with Gasteiger partial charge in [0.2, 0.25) is 11.1 Å². The highest BCUT2D eigenvalue weighted by atomic mass is 32.2. The number of hydrogen-bond donors (Lipinski definition) is 1. The summed E-state index contributed by atoms with van der Waals surface area (Å²) in [5.41, 5.74) is 2.15. The van der Waals surface area contributed by atoms with Gasteiger partial charge in [0.1, 0.15) is 11.6 Å². The van der Waals surface area contributed by atoms with E-state index in [4.69, 9.17) is 4.74 Å². The molecule has 0 bridgehead atoms. The van der Waals surface area contributed by atoms with Crippen molar-refractivity contribution in [3.63, 3.8) is 0 Å². The number of H-pyrrole nitrogens is 1. The van der Waals surface area contributed by atoms with E-state index in [2.05, 4.69) is 21.2 Å². The molecule has 3 heterocycles. The second-order valence-electron chi connectivity index (χ2n) is 6.25. The Morgan fingerprint density at radius 1 is 1.41 bits per heavy atom. The number of amides is 1. The number of hydrogen-bond acceptors (Lipinski definition) is 6. The second-order valence-corrected chi connectivity index (χ2v) is 8.23. The zero-order chi connectivity index (χ0) is 18.6. The van der Waals surface area contributed by atoms with E-state index in [1.807, 2.05) is 34.5 Å². The normalized spacial score (nSPS) is 13.4. The number of aromatic nitrogens is 3. The molecular weight excluding hydrogens is 380 g/mol. The van der Waals surface area contributed by atoms with Gasteiger partial charge in [0.15, 0.2) is 0 Å². The van der Waals surface area contributed by atoms with Crippen molar-refractivity contribution >= 4 is 34.7 Å². The molecule has 0 saturated carbocycles. The summed E-state index contributed by atoms with van der Waals surface area (Å²) in [6, 6.07) is 10.0. The molecule has 6 nitrogen and oxygen atoms in total. The number of rotatable bonds is 6. The van der Waals surface area contributed by atoms with Crippen LogP contribution in [-0.2, 0) is 17.6 Å². The molecule has 0 saturated heterocycles. The molecule has 0 radical (unpaired) electrons. The average molecular weight is 401 g/mol. The smallest absolute Gasteiger partial charge is 0.237 e. The molecule has 0 fully saturated rings. The number of thioether (sulfide) groups is 1. The number of aromatic amines is 1. The maximum Gasteiger partial charge on any atom is 0.237 e. The van der Waals surface area contributed by atoms with E-state index in [1.54, 1.807) is 18.4 Å². The Labute approximate surface area is 166 Å². The fourth-order valence-electron chi connectivity index (χ4n) is 3.16. The molecule has 27 heavy (non-hydrogen) atoms. The van der Waals surface area contributed by atoms with Crippen LogP contribution in [0.1, 0.15) is 22.7 Å². The number of methoxy groups -OCH3 is 1. The summed E-state index contributed by atoms with van der Waals surface area (Å²) >= 11 is 3.07. The van der Waals surface area contributed by atoms with E-state index in [-0.39, 0.29) is 5.91 Å². The van der Waals surface area contributed by atoms with Gasteiger partial charge in [-0.05, 0) is 48.1 Å². The molecule has 1 aliphatic heterocycles. The van der Waals surface area contributed by atoms with E-state index in [0.29, 0.717) is 10.9 Å². The van der Waals surface area contributed by atoms with Crippen molar-refractivity contribution in [1.82, 2.24) is 15.2 Å². The summed E-state index contributed by atoms with van der Waals surface area (Å²) in [4.78, 5) is 20.3. The van der Waals surface area contributed by atoms with E-state index in [0.717, 1.165) is 48.6 Å². The first-order valence-electron chi connectivity index (χ1n) is 8.76. The molecule has 0 spiro atoms. The molecular formula is C19H20N4O2S2. The molecule has 0 unspecified atom stereocenters. The van der Waals surface area contributed by atoms with Gasteiger partial charge in [0.25, 0.3) is 0 Å². The number of anilines is 1. The van der Waals surface area contributed by atoms with Gasteiger partial charge in [0.05, 0.1) is 12.9 Å². The summed E-state index contributed by atoms with van der Waals surface area (Å²) in [7, 11) is 1.66. The highest BCUT2D eigenvalue weighted by Crippen LogP contribution is 2.31. The van der Waals surface area contributed by atoms with Crippen LogP contribution in [-0.4, -0.2) is 40.5 Å². The summed E-state index contributed by atoms with van der Waals surface area (Å²) in [6.07, 6.45) is 2.67. The monoisotopic (exact) mass is 400 g/mol. The minimum Gasteiger partial charge on any atom is -0.497 e. The standard InChI is InChI=1S/C19H20N4O2S2/c1-25-14-6-7-16-13(10-14)4-2-8-23(16)18(24)12-27-19-20-17(21-22-19)11-15-5-3-9-26-15/h3,5-7,9-10H,2,4,8,11-12H2,1H3,(H,20,21,22). The van der Waals surface area contributed by atoms with Crippen LogP contribution in [0.25, 0.3) is 0 Å². The maximum absolute atomic E-state index is 12.8. The van der Waals surface area contributed by atoms with Gasteiger partial charge in [-0.3, -0.25) is 9.89 Å². The van der Waals surface area contributed by atoms with Gasteiger partial charge >= 0.3 is 0 Å². The topological polar surface area (TPSA) is 71.1 Å². The summed E-state index contributed by atoms with van der Waals surface area (Å²) < 4.78 is 5.29. The number of nitrogens with one attached hydrogen (secondary N) is 1. The number of thiophene rings is 1. The van der Waals surface area contributed by atoms with Crippen LogP contribution in [0.2, 0.25) is 0 Å². The fraction of sp³-hybridized carbons (Fsp3) is 0.316. The number of carbonyl (C=O) groups is 1. The van der Waals surface area contributed by atoms with Crippen LogP contribution in [0.15, 0.2) is 40.9 Å². The lowest BCUT2D eigenvalue weighted by molar-refractivity contribution is -0.116. The third kappa shape index (κ3) is 4.17. The predicted molar refractivity (Wildman–Crippen MR) is 108 cm³/mol. The number of ether oxygens (including phenoxy) is 1. The predicted octanol–water partition coefficient (Wildman–Crippen LogP) is 3.54. The number of benzene rings is 1. The SMILES string of the molecule is COc1ccc2c(c1)CCCN2C(=O)CSc1n[nH]c(Cc2cccs2)n1. The van der Waals surface area contributed by atoms with E-state index in [1.165, 1.54) is 16.6 Å². The van der Waals surface area contributed by atoms with Crippen molar-refractivity contribution < 1.29 is 9.53 Å². The van der Waals surface area contributed by atoms with Crippen molar-refractivity contribution in [2.24, 2.45) is 0 Å². The van der Waals surface area contributed by atoms with Crippen LogP contribution >= 0.6 is 23.1 Å². The van der Waals surface area contributed by atoms with Crippen molar-refractivity contribution in [1.29, 1.82) is 0 Å². The molecule has 0 atom stereocenters. The lowest BCUT2D eigenvalue weighted by atomic mass is 10.0. The van der Waals surface area contributed by atoms with Crippen LogP contribution in [0.5, 0.6) is 5.75 Å². The zero-order valence-corrected chi connectivity index (χ0v) is 16.6. The highest BCUT2D eigenvalue weighted by Gasteiger charge is 2.23. The van der Waals surface area contributed by atoms with Gasteiger partial charge in [-0.2, -0.15) is 0 Å². The Bertz CT molecular complexity index is 924. The van der Waals surface area contributed by atoms with Gasteiger partial charge in [-0.1, -0.05) is 17.8 Å². The Morgan fingerprint density at radius 2 is 2.33 bits per heavy atom. The Kier molecular flexibility index (Phi) is 5.45. The summed E-state index contributed by atoms with van der Waals surface area (Å²) in [5.74, 6) is 2.05. The van der Waals surface area contributed by atoms with Gasteiger partial charge in [-0.15, -0.1) is 16.4 Å². The molecule has 140 valence electrons. The van der Waals surface area contributed by atoms with E-state index in [9.17, 15) is 4.79 Å². The lowest BCUT2D eigenvalue weighted by Gasteiger charge is -2.29. The van der Waals surface area contributed by atoms with Gasteiger partial charge in [-0.25, -0.2) is 4.98 Å². The number of fused-ring (bicyclic) bond motifs is 1. The number of carbonyl (C=O) groups excluding carboxylic acids is 1. The summed E-state index contributed by atoms with van der Waals surface area (Å²) in [5, 5.41) is 9.85. The maximum atomic E-state index is 12.8. The van der Waals surface area contributed by atoms with Crippen LogP contribution in [0.4, 0.5) is 5.69 Å². The number of nitrogens with zero attached hydrogens (tertiary/aromatic N) is 3. The molecule has 1 amide bonds. The molecule has 4 rings (SSSR count). The van der Waals surface area contributed by atoms with Crippen molar-refractivity contribution in [3.8, 4) is 5.75 Å². The third-order valence-electron chi connectivity index (χ3n) is 4.46. The number of aryl methyl sites for hydroxylation is 1. The van der Waals surface area contributed by atoms with Crippen molar-refractivity contribution in [2.45, 2.75) is 24.4 Å². The van der Waals surface area contributed by atoms with Crippen molar-refractivity contribution in [3.05, 3.63) is 52.0 Å². The van der Waals surface area contributed by atoms with E-state index >= 15 is 0 Å². The third-order valence-corrected chi connectivity index (χ3v) is 6.17. The van der Waals surface area contributed by atoms with Crippen LogP contribution in [0, 0.1) is 0 Å². The van der Waals surface area contributed by atoms with Gasteiger partial charge in [0, 0.05) is 23.5 Å². The van der Waals surface area contributed by atoms with Crippen LogP contribution < -0.4 is 9.64 Å². The van der Waals surface area contributed by atoms with E-state index < -0.39 is 0 Å². The lowest BCUT2D eigenvalue weighted by Crippen LogP contribution is -2.36. The fourth-order valence-corrected chi connectivity index (χ4v) is 4.57. The Morgan fingerprint density at radius 3 is 3.15 bits per heavy atom. The zero-order valence-electron chi connectivity index (χ0n) is 15.0. The minimum absolute atomic E-state index is 0.0794. The Hall–Kier alpha value is -2.32. The molecule has 0 aliphatic carbocycles. The highest BCUT2D eigenvalue weighted by molar-refractivity contribution is 7.99. The van der Waals surface area contributed by atoms with Gasteiger partial charge < -0.3 is 9.64 Å². The van der Waals surface area contributed by atoms with Crippen LogP contribution in [0.3, 0.4) is 0 Å². The first-order chi connectivity index (χ1) is 13.2. The van der Waals surface area contributed by atoms with Crippen molar-refractivity contribution in [2.75, 3.05) is 24.3 Å². The molecule has 3 aromatic rings. The summed E-state index contributed by atoms with van der Waals surface area (Å²) in [6.45, 7) is 0.746. The molecule has 1 aliphatic rings. The molecule has 1 aromatic carbocycles. The second kappa shape index (κ2) is 8.14. The molecule has 2 aromatic heterocycles. The average Bonchev–Trinajstić information content (AvgIpc) is 3.37. The minimum atomic E-state index is 0.0794. The first kappa shape index (κ1) is 18.1. The molecule has 1 N–H and O–H groups in total. The first-order valence-corrected chi connectivity index (χ1v) is 10.6. The quantitative estimate of drug-likeness (QED) is 0.641. The Balaban J connectivity index is 1.38.